The number of amides is 2. The Morgan fingerprint density at radius 1 is 1.07 bits per heavy atom. The summed E-state index contributed by atoms with van der Waals surface area (Å²) in [5.74, 6) is -1.37. The van der Waals surface area contributed by atoms with Gasteiger partial charge in [-0.1, -0.05) is 24.3 Å². The quantitative estimate of drug-likeness (QED) is 0.712. The number of likely N-dealkylation sites (N-methyl/N-ethyl adjacent to an activating group) is 1. The number of carbonyl (C=O) groups excluding carboxylic acids is 2. The van der Waals surface area contributed by atoms with Crippen LogP contribution >= 0.6 is 0 Å². The van der Waals surface area contributed by atoms with Crippen LogP contribution in [0.25, 0.3) is 0 Å². The molecular weight excluding hydrogens is 373 g/mol. The Balaban J connectivity index is 1.79. The van der Waals surface area contributed by atoms with E-state index in [2.05, 4.69) is 10.0 Å². The molecule has 2 rings (SSSR count). The molecule has 0 aliphatic carbocycles. The van der Waals surface area contributed by atoms with Crippen LogP contribution in [-0.4, -0.2) is 45.3 Å². The topological polar surface area (TPSA) is 95.6 Å². The molecule has 0 saturated heterocycles. The zero-order valence-electron chi connectivity index (χ0n) is 14.7. The van der Waals surface area contributed by atoms with Gasteiger partial charge in [0.25, 0.3) is 0 Å². The molecule has 0 bridgehead atoms. The van der Waals surface area contributed by atoms with Gasteiger partial charge in [0.2, 0.25) is 21.8 Å². The second-order valence-electron chi connectivity index (χ2n) is 5.77. The van der Waals surface area contributed by atoms with Gasteiger partial charge in [-0.15, -0.1) is 0 Å². The van der Waals surface area contributed by atoms with Crippen LogP contribution < -0.4 is 10.0 Å². The summed E-state index contributed by atoms with van der Waals surface area (Å²) < 4.78 is 39.6. The smallest absolute Gasteiger partial charge is 0.243 e. The minimum absolute atomic E-state index is 0.0914. The van der Waals surface area contributed by atoms with Crippen LogP contribution in [0.3, 0.4) is 0 Å². The largest absolute Gasteiger partial charge is 0.336 e. The zero-order valence-corrected chi connectivity index (χ0v) is 15.5. The van der Waals surface area contributed by atoms with E-state index in [4.69, 9.17) is 0 Å². The van der Waals surface area contributed by atoms with E-state index < -0.39 is 27.7 Å². The molecule has 0 aliphatic heterocycles. The van der Waals surface area contributed by atoms with Crippen molar-refractivity contribution in [2.75, 3.05) is 25.5 Å². The normalized spacial score (nSPS) is 11.0. The lowest BCUT2D eigenvalue weighted by Gasteiger charge is -2.17. The molecule has 2 aromatic rings. The highest BCUT2D eigenvalue weighted by Crippen LogP contribution is 2.09. The minimum atomic E-state index is -3.69. The second-order valence-corrected chi connectivity index (χ2v) is 7.54. The molecule has 144 valence electrons. The molecule has 2 aromatic carbocycles. The molecule has 0 heterocycles. The van der Waals surface area contributed by atoms with Gasteiger partial charge < -0.3 is 10.2 Å². The molecule has 0 atom stereocenters. The highest BCUT2D eigenvalue weighted by Gasteiger charge is 2.16. The Labute approximate surface area is 157 Å². The third kappa shape index (κ3) is 6.46. The van der Waals surface area contributed by atoms with Crippen LogP contribution in [0.1, 0.15) is 6.42 Å². The molecule has 7 nitrogen and oxygen atoms in total. The van der Waals surface area contributed by atoms with E-state index in [0.29, 0.717) is 0 Å². The van der Waals surface area contributed by atoms with Crippen LogP contribution in [0.4, 0.5) is 10.1 Å². The van der Waals surface area contributed by atoms with Crippen molar-refractivity contribution in [1.29, 1.82) is 0 Å². The maximum Gasteiger partial charge on any atom is 0.243 e. The van der Waals surface area contributed by atoms with Gasteiger partial charge in [-0.05, 0) is 30.3 Å². The minimum Gasteiger partial charge on any atom is -0.336 e. The van der Waals surface area contributed by atoms with Crippen LogP contribution in [0, 0.1) is 5.82 Å². The summed E-state index contributed by atoms with van der Waals surface area (Å²) in [4.78, 5) is 25.3. The van der Waals surface area contributed by atoms with E-state index in [9.17, 15) is 22.4 Å². The van der Waals surface area contributed by atoms with E-state index in [0.717, 1.165) is 6.07 Å². The van der Waals surface area contributed by atoms with E-state index in [1.54, 1.807) is 18.2 Å². The molecule has 27 heavy (non-hydrogen) atoms. The molecule has 0 aromatic heterocycles. The molecule has 9 heteroatoms. The zero-order chi connectivity index (χ0) is 19.9. The van der Waals surface area contributed by atoms with Crippen molar-refractivity contribution in [2.45, 2.75) is 11.3 Å². The first-order valence-electron chi connectivity index (χ1n) is 8.12. The molecule has 2 amide bonds. The third-order valence-corrected chi connectivity index (χ3v) is 5.08. The number of anilines is 1. The van der Waals surface area contributed by atoms with Gasteiger partial charge in [0.05, 0.1) is 11.4 Å². The first-order valence-corrected chi connectivity index (χ1v) is 9.60. The number of benzene rings is 2. The van der Waals surface area contributed by atoms with Crippen molar-refractivity contribution >= 4 is 27.5 Å². The van der Waals surface area contributed by atoms with Crippen molar-refractivity contribution < 1.29 is 22.4 Å². The Morgan fingerprint density at radius 2 is 1.78 bits per heavy atom. The van der Waals surface area contributed by atoms with Gasteiger partial charge in [0.1, 0.15) is 5.82 Å². The summed E-state index contributed by atoms with van der Waals surface area (Å²) in [6, 6.07) is 13.2. The monoisotopic (exact) mass is 393 g/mol. The molecule has 0 fully saturated rings. The Hall–Kier alpha value is -2.78. The molecule has 2 N–H and O–H groups in total. The number of sulfonamides is 1. The fourth-order valence-corrected chi connectivity index (χ4v) is 3.29. The summed E-state index contributed by atoms with van der Waals surface area (Å²) in [7, 11) is -2.26. The van der Waals surface area contributed by atoms with Crippen molar-refractivity contribution in [3.8, 4) is 0 Å². The maximum absolute atomic E-state index is 13.1. The van der Waals surface area contributed by atoms with E-state index in [1.807, 2.05) is 0 Å². The van der Waals surface area contributed by atoms with E-state index in [1.165, 1.54) is 42.3 Å². The highest BCUT2D eigenvalue weighted by atomic mass is 32.2. The molecule has 0 saturated carbocycles. The van der Waals surface area contributed by atoms with Gasteiger partial charge in [-0.25, -0.2) is 17.5 Å². The third-order valence-electron chi connectivity index (χ3n) is 3.60. The van der Waals surface area contributed by atoms with Crippen molar-refractivity contribution in [3.05, 3.63) is 60.4 Å². The average molecular weight is 393 g/mol. The van der Waals surface area contributed by atoms with Crippen LogP contribution in [0.5, 0.6) is 0 Å². The number of nitrogens with one attached hydrogen (secondary N) is 2. The SMILES string of the molecule is CN(CC(=O)Nc1cccc(F)c1)C(=O)CCNS(=O)(=O)c1ccccc1. The number of halogens is 1. The van der Waals surface area contributed by atoms with E-state index in [-0.39, 0.29) is 30.1 Å². The number of nitrogens with zero attached hydrogens (tertiary/aromatic N) is 1. The predicted octanol–water partition coefficient (Wildman–Crippen LogP) is 1.59. The lowest BCUT2D eigenvalue weighted by molar-refractivity contribution is -0.133. The summed E-state index contributed by atoms with van der Waals surface area (Å²) >= 11 is 0. The first kappa shape index (κ1) is 20.5. The number of hydrogen-bond acceptors (Lipinski definition) is 4. The Kier molecular flexibility index (Phi) is 7.03. The van der Waals surface area contributed by atoms with Gasteiger partial charge in [0, 0.05) is 25.7 Å². The first-order chi connectivity index (χ1) is 12.8. The number of hydrogen-bond donors (Lipinski definition) is 2. The average Bonchev–Trinajstić information content (AvgIpc) is 2.62. The van der Waals surface area contributed by atoms with Gasteiger partial charge >= 0.3 is 0 Å². The van der Waals surface area contributed by atoms with Gasteiger partial charge in [-0.3, -0.25) is 9.59 Å². The molecule has 0 unspecified atom stereocenters. The fraction of sp³-hybridized carbons (Fsp3) is 0.222. The van der Waals surface area contributed by atoms with Crippen molar-refractivity contribution in [1.82, 2.24) is 9.62 Å². The fourth-order valence-electron chi connectivity index (χ4n) is 2.24. The van der Waals surface area contributed by atoms with Gasteiger partial charge in [0.15, 0.2) is 0 Å². The summed E-state index contributed by atoms with van der Waals surface area (Å²) in [6.07, 6.45) is -0.101. The number of carbonyl (C=O) groups is 2. The lowest BCUT2D eigenvalue weighted by atomic mass is 10.3. The summed E-state index contributed by atoms with van der Waals surface area (Å²) in [6.45, 7) is -0.327. The van der Waals surface area contributed by atoms with Crippen LogP contribution in [0.15, 0.2) is 59.5 Å². The molecule has 0 radical (unpaired) electrons. The highest BCUT2D eigenvalue weighted by molar-refractivity contribution is 7.89. The second kappa shape index (κ2) is 9.24. The summed E-state index contributed by atoms with van der Waals surface area (Å²) in [5.41, 5.74) is 0.288. The predicted molar refractivity (Wildman–Crippen MR) is 98.9 cm³/mol. The van der Waals surface area contributed by atoms with Crippen LogP contribution in [0.2, 0.25) is 0 Å². The maximum atomic E-state index is 13.1. The Bertz CT molecular complexity index is 904. The van der Waals surface area contributed by atoms with Crippen molar-refractivity contribution in [3.63, 3.8) is 0 Å². The Morgan fingerprint density at radius 3 is 2.44 bits per heavy atom. The molecule has 0 aliphatic rings. The standard InChI is InChI=1S/C18H20FN3O4S/c1-22(13-17(23)21-15-7-5-6-14(19)12-15)18(24)10-11-20-27(25,26)16-8-3-2-4-9-16/h2-9,12,20H,10-11,13H2,1H3,(H,21,23). The number of rotatable bonds is 8. The van der Waals surface area contributed by atoms with Gasteiger partial charge in [-0.2, -0.15) is 0 Å². The van der Waals surface area contributed by atoms with Crippen LogP contribution in [-0.2, 0) is 19.6 Å². The lowest BCUT2D eigenvalue weighted by Crippen LogP contribution is -2.37. The molecular formula is C18H20FN3O4S. The molecule has 0 spiro atoms. The van der Waals surface area contributed by atoms with Crippen molar-refractivity contribution in [2.24, 2.45) is 0 Å². The summed E-state index contributed by atoms with van der Waals surface area (Å²) in [5, 5.41) is 2.49. The van der Waals surface area contributed by atoms with E-state index >= 15 is 0 Å².